The minimum absolute atomic E-state index is 0.808. The Labute approximate surface area is 108 Å². The van der Waals surface area contributed by atoms with Gasteiger partial charge < -0.3 is 10.2 Å². The third-order valence-corrected chi connectivity index (χ3v) is 4.23. The molecule has 0 aromatic rings. The lowest BCUT2D eigenvalue weighted by Gasteiger charge is -2.29. The molecule has 1 unspecified atom stereocenters. The number of rotatable bonds is 7. The summed E-state index contributed by atoms with van der Waals surface area (Å²) in [5, 5.41) is 3.48. The molecule has 0 aromatic heterocycles. The van der Waals surface area contributed by atoms with Gasteiger partial charge in [0.25, 0.3) is 0 Å². The SMILES string of the molecule is CCNCC1CCN(CC(C(C)C)C(C)C)C1. The first-order chi connectivity index (χ1) is 8.04. The average Bonchev–Trinajstić information content (AvgIpc) is 2.70. The molecule has 0 aliphatic carbocycles. The van der Waals surface area contributed by atoms with Crippen LogP contribution in [-0.4, -0.2) is 37.6 Å². The Hall–Kier alpha value is -0.0800. The highest BCUT2D eigenvalue weighted by Crippen LogP contribution is 2.25. The summed E-state index contributed by atoms with van der Waals surface area (Å²) in [5.41, 5.74) is 0. The van der Waals surface area contributed by atoms with Gasteiger partial charge >= 0.3 is 0 Å². The lowest BCUT2D eigenvalue weighted by Crippen LogP contribution is -2.33. The third-order valence-electron chi connectivity index (χ3n) is 4.23. The van der Waals surface area contributed by atoms with Crippen LogP contribution in [0.4, 0.5) is 0 Å². The first kappa shape index (κ1) is 15.0. The molecule has 0 amide bonds. The molecule has 1 atom stereocenters. The van der Waals surface area contributed by atoms with Crippen molar-refractivity contribution in [2.75, 3.05) is 32.7 Å². The number of nitrogens with one attached hydrogen (secondary N) is 1. The molecule has 0 spiro atoms. The molecule has 102 valence electrons. The summed E-state index contributed by atoms with van der Waals surface area (Å²) in [7, 11) is 0. The third kappa shape index (κ3) is 4.97. The second-order valence-electron chi connectivity index (χ2n) is 6.37. The number of nitrogens with zero attached hydrogens (tertiary/aromatic N) is 1. The van der Waals surface area contributed by atoms with Crippen LogP contribution in [-0.2, 0) is 0 Å². The number of hydrogen-bond donors (Lipinski definition) is 1. The molecule has 0 saturated carbocycles. The molecule has 1 N–H and O–H groups in total. The second-order valence-corrected chi connectivity index (χ2v) is 6.37. The Morgan fingerprint density at radius 3 is 2.35 bits per heavy atom. The quantitative estimate of drug-likeness (QED) is 0.736. The van der Waals surface area contributed by atoms with Crippen LogP contribution < -0.4 is 5.32 Å². The van der Waals surface area contributed by atoms with Gasteiger partial charge in [-0.25, -0.2) is 0 Å². The van der Waals surface area contributed by atoms with Crippen molar-refractivity contribution in [1.82, 2.24) is 10.2 Å². The van der Waals surface area contributed by atoms with E-state index in [0.717, 1.165) is 30.2 Å². The highest BCUT2D eigenvalue weighted by atomic mass is 15.2. The van der Waals surface area contributed by atoms with Crippen LogP contribution in [0, 0.1) is 23.7 Å². The maximum absolute atomic E-state index is 3.48. The van der Waals surface area contributed by atoms with Crippen LogP contribution in [0.2, 0.25) is 0 Å². The Morgan fingerprint density at radius 1 is 1.18 bits per heavy atom. The van der Waals surface area contributed by atoms with Crippen molar-refractivity contribution in [3.8, 4) is 0 Å². The van der Waals surface area contributed by atoms with E-state index in [2.05, 4.69) is 44.8 Å². The summed E-state index contributed by atoms with van der Waals surface area (Å²) in [4.78, 5) is 2.69. The second kappa shape index (κ2) is 7.38. The molecular formula is C15H32N2. The molecule has 0 aromatic carbocycles. The molecule has 0 radical (unpaired) electrons. The average molecular weight is 240 g/mol. The number of hydrogen-bond acceptors (Lipinski definition) is 2. The Morgan fingerprint density at radius 2 is 1.82 bits per heavy atom. The van der Waals surface area contributed by atoms with Gasteiger partial charge in [0.15, 0.2) is 0 Å². The molecule has 1 aliphatic heterocycles. The molecule has 1 heterocycles. The van der Waals surface area contributed by atoms with Crippen LogP contribution >= 0.6 is 0 Å². The van der Waals surface area contributed by atoms with Crippen molar-refractivity contribution >= 4 is 0 Å². The molecule has 1 saturated heterocycles. The summed E-state index contributed by atoms with van der Waals surface area (Å²) >= 11 is 0. The van der Waals surface area contributed by atoms with E-state index in [1.807, 2.05) is 0 Å². The highest BCUT2D eigenvalue weighted by molar-refractivity contribution is 4.80. The van der Waals surface area contributed by atoms with Gasteiger partial charge in [-0.3, -0.25) is 0 Å². The van der Waals surface area contributed by atoms with E-state index in [1.165, 1.54) is 32.6 Å². The van der Waals surface area contributed by atoms with E-state index >= 15 is 0 Å². The lowest BCUT2D eigenvalue weighted by atomic mass is 9.85. The van der Waals surface area contributed by atoms with Crippen LogP contribution in [0.25, 0.3) is 0 Å². The van der Waals surface area contributed by atoms with Crippen molar-refractivity contribution in [2.45, 2.75) is 41.0 Å². The van der Waals surface area contributed by atoms with E-state index in [-0.39, 0.29) is 0 Å². The van der Waals surface area contributed by atoms with Gasteiger partial charge in [-0.05, 0) is 49.7 Å². The lowest BCUT2D eigenvalue weighted by molar-refractivity contribution is 0.186. The molecule has 1 fully saturated rings. The van der Waals surface area contributed by atoms with Gasteiger partial charge in [0.05, 0.1) is 0 Å². The fourth-order valence-corrected chi connectivity index (χ4v) is 3.08. The largest absolute Gasteiger partial charge is 0.317 e. The Bertz CT molecular complexity index is 193. The first-order valence-corrected chi connectivity index (χ1v) is 7.47. The highest BCUT2D eigenvalue weighted by Gasteiger charge is 2.26. The van der Waals surface area contributed by atoms with E-state index in [1.54, 1.807) is 0 Å². The van der Waals surface area contributed by atoms with Crippen molar-refractivity contribution in [1.29, 1.82) is 0 Å². The molecule has 2 heteroatoms. The van der Waals surface area contributed by atoms with Gasteiger partial charge in [-0.15, -0.1) is 0 Å². The minimum atomic E-state index is 0.808. The first-order valence-electron chi connectivity index (χ1n) is 7.47. The van der Waals surface area contributed by atoms with Crippen molar-refractivity contribution in [3.05, 3.63) is 0 Å². The maximum atomic E-state index is 3.48. The van der Waals surface area contributed by atoms with E-state index in [9.17, 15) is 0 Å². The van der Waals surface area contributed by atoms with Crippen LogP contribution in [0.1, 0.15) is 41.0 Å². The summed E-state index contributed by atoms with van der Waals surface area (Å²) in [6.07, 6.45) is 1.38. The summed E-state index contributed by atoms with van der Waals surface area (Å²) in [6.45, 7) is 17.9. The van der Waals surface area contributed by atoms with Gasteiger partial charge in [0, 0.05) is 13.1 Å². The fourth-order valence-electron chi connectivity index (χ4n) is 3.08. The molecular weight excluding hydrogens is 208 g/mol. The molecule has 0 bridgehead atoms. The maximum Gasteiger partial charge on any atom is 0.00224 e. The smallest absolute Gasteiger partial charge is 0.00224 e. The van der Waals surface area contributed by atoms with E-state index in [0.29, 0.717) is 0 Å². The summed E-state index contributed by atoms with van der Waals surface area (Å²) in [6, 6.07) is 0. The van der Waals surface area contributed by atoms with Gasteiger partial charge in [0.2, 0.25) is 0 Å². The summed E-state index contributed by atoms with van der Waals surface area (Å²) < 4.78 is 0. The predicted molar refractivity (Wildman–Crippen MR) is 76.3 cm³/mol. The standard InChI is InChI=1S/C15H32N2/c1-6-16-9-14-7-8-17(10-14)11-15(12(2)3)13(4)5/h12-16H,6-11H2,1-5H3. The van der Waals surface area contributed by atoms with Crippen molar-refractivity contribution < 1.29 is 0 Å². The number of likely N-dealkylation sites (tertiary alicyclic amines) is 1. The van der Waals surface area contributed by atoms with Gasteiger partial charge in [0.1, 0.15) is 0 Å². The molecule has 2 nitrogen and oxygen atoms in total. The summed E-state index contributed by atoms with van der Waals surface area (Å²) in [5.74, 6) is 3.36. The van der Waals surface area contributed by atoms with Gasteiger partial charge in [-0.2, -0.15) is 0 Å². The van der Waals surface area contributed by atoms with Crippen LogP contribution in [0.5, 0.6) is 0 Å². The van der Waals surface area contributed by atoms with Crippen molar-refractivity contribution in [3.63, 3.8) is 0 Å². The zero-order valence-electron chi connectivity index (χ0n) is 12.5. The van der Waals surface area contributed by atoms with E-state index < -0.39 is 0 Å². The molecule has 17 heavy (non-hydrogen) atoms. The van der Waals surface area contributed by atoms with Crippen LogP contribution in [0.3, 0.4) is 0 Å². The molecule has 1 rings (SSSR count). The topological polar surface area (TPSA) is 15.3 Å². The normalized spacial score (nSPS) is 22.2. The molecule has 1 aliphatic rings. The zero-order valence-corrected chi connectivity index (χ0v) is 12.5. The van der Waals surface area contributed by atoms with E-state index in [4.69, 9.17) is 0 Å². The van der Waals surface area contributed by atoms with Crippen LogP contribution in [0.15, 0.2) is 0 Å². The van der Waals surface area contributed by atoms with Gasteiger partial charge in [-0.1, -0.05) is 34.6 Å². The monoisotopic (exact) mass is 240 g/mol. The minimum Gasteiger partial charge on any atom is -0.317 e. The predicted octanol–water partition coefficient (Wildman–Crippen LogP) is 2.85. The Kier molecular flexibility index (Phi) is 6.50. The van der Waals surface area contributed by atoms with Crippen molar-refractivity contribution in [2.24, 2.45) is 23.7 Å². The zero-order chi connectivity index (χ0) is 12.8. The Balaban J connectivity index is 2.32. The fraction of sp³-hybridized carbons (Fsp3) is 1.00.